The van der Waals surface area contributed by atoms with Gasteiger partial charge in [-0.2, -0.15) is 0 Å². The Kier molecular flexibility index (Phi) is 6.07. The standard InChI is InChI=1S/C24H23F2NO3S/c1-16(18-6-9-20(21(26)15-18)17-4-7-19(25)8-5-17)27-12-10-24(11-13-28,30-23(27)29)22-3-2-14-31-22/h2-9,14-16,28H,10-13H2,1H3/t16-,24-/m0/s1. The summed E-state index contributed by atoms with van der Waals surface area (Å²) in [5, 5.41) is 11.4. The van der Waals surface area contributed by atoms with Gasteiger partial charge in [0.25, 0.3) is 0 Å². The van der Waals surface area contributed by atoms with Crippen LogP contribution in [0.3, 0.4) is 0 Å². The van der Waals surface area contributed by atoms with E-state index in [4.69, 9.17) is 4.74 Å². The Balaban J connectivity index is 1.54. The van der Waals surface area contributed by atoms with Crippen molar-refractivity contribution in [3.8, 4) is 11.1 Å². The van der Waals surface area contributed by atoms with Gasteiger partial charge in [0.2, 0.25) is 0 Å². The van der Waals surface area contributed by atoms with Crippen LogP contribution in [0.1, 0.15) is 36.2 Å². The molecule has 31 heavy (non-hydrogen) atoms. The molecule has 1 N–H and O–H groups in total. The van der Waals surface area contributed by atoms with Crippen molar-refractivity contribution >= 4 is 17.4 Å². The number of carbonyl (C=O) groups is 1. The van der Waals surface area contributed by atoms with Crippen LogP contribution in [-0.2, 0) is 10.3 Å². The summed E-state index contributed by atoms with van der Waals surface area (Å²) in [6, 6.07) is 13.9. The average Bonchev–Trinajstić information content (AvgIpc) is 3.30. The number of carbonyl (C=O) groups excluding carboxylic acids is 1. The maximum atomic E-state index is 14.8. The van der Waals surface area contributed by atoms with Crippen LogP contribution >= 0.6 is 11.3 Å². The number of hydrogen-bond acceptors (Lipinski definition) is 4. The highest BCUT2D eigenvalue weighted by Gasteiger charge is 2.43. The number of hydrogen-bond donors (Lipinski definition) is 1. The number of halogens is 2. The number of benzene rings is 2. The summed E-state index contributed by atoms with van der Waals surface area (Å²) in [5.41, 5.74) is 0.775. The van der Waals surface area contributed by atoms with Crippen molar-refractivity contribution in [1.82, 2.24) is 4.90 Å². The summed E-state index contributed by atoms with van der Waals surface area (Å²) in [5.74, 6) is -0.813. The Hall–Kier alpha value is -2.77. The van der Waals surface area contributed by atoms with E-state index in [2.05, 4.69) is 0 Å². The number of amides is 1. The smallest absolute Gasteiger partial charge is 0.411 e. The monoisotopic (exact) mass is 443 g/mol. The fourth-order valence-corrected chi connectivity index (χ4v) is 4.97. The second kappa shape index (κ2) is 8.77. The molecule has 1 aliphatic rings. The van der Waals surface area contributed by atoms with E-state index in [1.54, 1.807) is 17.0 Å². The third-order valence-corrected chi connectivity index (χ3v) is 6.91. The summed E-state index contributed by atoms with van der Waals surface area (Å²) in [4.78, 5) is 15.4. The van der Waals surface area contributed by atoms with Crippen molar-refractivity contribution in [3.63, 3.8) is 0 Å². The predicted octanol–water partition coefficient (Wildman–Crippen LogP) is 5.87. The molecule has 3 aromatic rings. The summed E-state index contributed by atoms with van der Waals surface area (Å²) < 4.78 is 33.8. The first-order chi connectivity index (χ1) is 14.9. The van der Waals surface area contributed by atoms with Gasteiger partial charge in [-0.3, -0.25) is 0 Å². The number of ether oxygens (including phenoxy) is 1. The van der Waals surface area contributed by atoms with Crippen molar-refractivity contribution in [2.75, 3.05) is 13.2 Å². The zero-order chi connectivity index (χ0) is 22.0. The predicted molar refractivity (Wildman–Crippen MR) is 116 cm³/mol. The number of thiophene rings is 1. The van der Waals surface area contributed by atoms with E-state index in [0.29, 0.717) is 36.1 Å². The van der Waals surface area contributed by atoms with E-state index in [0.717, 1.165) is 4.88 Å². The highest BCUT2D eigenvalue weighted by molar-refractivity contribution is 7.10. The lowest BCUT2D eigenvalue weighted by Gasteiger charge is -2.42. The molecule has 2 atom stereocenters. The van der Waals surface area contributed by atoms with E-state index in [1.165, 1.54) is 41.7 Å². The molecular formula is C24H23F2NO3S. The minimum absolute atomic E-state index is 0.0865. The molecule has 0 aliphatic carbocycles. The molecule has 1 amide bonds. The second-order valence-electron chi connectivity index (χ2n) is 7.68. The molecule has 0 saturated carbocycles. The van der Waals surface area contributed by atoms with Gasteiger partial charge < -0.3 is 14.7 Å². The van der Waals surface area contributed by atoms with Crippen LogP contribution in [0, 0.1) is 11.6 Å². The average molecular weight is 444 g/mol. The zero-order valence-corrected chi connectivity index (χ0v) is 17.9. The van der Waals surface area contributed by atoms with Gasteiger partial charge in [-0.15, -0.1) is 11.3 Å². The van der Waals surface area contributed by atoms with Gasteiger partial charge in [-0.1, -0.05) is 30.3 Å². The van der Waals surface area contributed by atoms with Crippen molar-refractivity contribution in [2.45, 2.75) is 31.4 Å². The zero-order valence-electron chi connectivity index (χ0n) is 17.1. The normalized spacial score (nSPS) is 19.9. The van der Waals surface area contributed by atoms with Gasteiger partial charge in [-0.25, -0.2) is 13.6 Å². The minimum atomic E-state index is -0.825. The maximum absolute atomic E-state index is 14.8. The third-order valence-electron chi connectivity index (χ3n) is 5.86. The molecule has 0 radical (unpaired) electrons. The van der Waals surface area contributed by atoms with Gasteiger partial charge in [0.1, 0.15) is 11.6 Å². The van der Waals surface area contributed by atoms with Gasteiger partial charge in [0.05, 0.1) is 6.04 Å². The molecular weight excluding hydrogens is 420 g/mol. The van der Waals surface area contributed by atoms with E-state index >= 15 is 0 Å². The van der Waals surface area contributed by atoms with Crippen molar-refractivity contribution in [1.29, 1.82) is 0 Å². The largest absolute Gasteiger partial charge is 0.437 e. The number of nitrogens with zero attached hydrogens (tertiary/aromatic N) is 1. The Bertz CT molecular complexity index is 1060. The number of cyclic esters (lactones) is 1. The molecule has 4 rings (SSSR count). The van der Waals surface area contributed by atoms with Crippen LogP contribution in [-0.4, -0.2) is 29.3 Å². The fraction of sp³-hybridized carbons (Fsp3) is 0.292. The Labute approximate surface area is 183 Å². The lowest BCUT2D eigenvalue weighted by molar-refractivity contribution is -0.0697. The van der Waals surface area contributed by atoms with Gasteiger partial charge in [0.15, 0.2) is 5.60 Å². The van der Waals surface area contributed by atoms with Crippen molar-refractivity contribution in [2.24, 2.45) is 0 Å². The molecule has 1 aliphatic heterocycles. The first kappa shape index (κ1) is 21.5. The van der Waals surface area contributed by atoms with E-state index in [1.807, 2.05) is 24.4 Å². The van der Waals surface area contributed by atoms with Crippen LogP contribution in [0.4, 0.5) is 13.6 Å². The molecule has 1 fully saturated rings. The molecule has 7 heteroatoms. The summed E-state index contributed by atoms with van der Waals surface area (Å²) >= 11 is 1.50. The Morgan fingerprint density at radius 1 is 1.19 bits per heavy atom. The molecule has 162 valence electrons. The Morgan fingerprint density at radius 2 is 1.97 bits per heavy atom. The highest BCUT2D eigenvalue weighted by atomic mass is 32.1. The van der Waals surface area contributed by atoms with Gasteiger partial charge in [0, 0.05) is 36.4 Å². The van der Waals surface area contributed by atoms with Crippen LogP contribution in [0.25, 0.3) is 11.1 Å². The lowest BCUT2D eigenvalue weighted by Crippen LogP contribution is -2.48. The molecule has 0 spiro atoms. The molecule has 0 bridgehead atoms. The fourth-order valence-electron chi connectivity index (χ4n) is 4.05. The van der Waals surface area contributed by atoms with Gasteiger partial charge in [-0.05, 0) is 47.7 Å². The molecule has 2 aromatic carbocycles. The third kappa shape index (κ3) is 4.20. The van der Waals surface area contributed by atoms with Crippen molar-refractivity contribution < 1.29 is 23.4 Å². The minimum Gasteiger partial charge on any atom is -0.437 e. The topological polar surface area (TPSA) is 49.8 Å². The number of rotatable bonds is 6. The second-order valence-corrected chi connectivity index (χ2v) is 8.63. The first-order valence-electron chi connectivity index (χ1n) is 10.1. The van der Waals surface area contributed by atoms with Crippen LogP contribution in [0.2, 0.25) is 0 Å². The summed E-state index contributed by atoms with van der Waals surface area (Å²) in [6.07, 6.45) is 0.395. The van der Waals surface area contributed by atoms with Crippen molar-refractivity contribution in [3.05, 3.63) is 82.1 Å². The van der Waals surface area contributed by atoms with E-state index < -0.39 is 17.5 Å². The van der Waals surface area contributed by atoms with E-state index in [9.17, 15) is 18.7 Å². The summed E-state index contributed by atoms with van der Waals surface area (Å²) in [7, 11) is 0. The van der Waals surface area contributed by atoms with E-state index in [-0.39, 0.29) is 18.5 Å². The molecule has 0 unspecified atom stereocenters. The molecule has 1 saturated heterocycles. The van der Waals surface area contributed by atoms with Gasteiger partial charge >= 0.3 is 6.09 Å². The van der Waals surface area contributed by atoms with Crippen LogP contribution in [0.5, 0.6) is 0 Å². The quantitative estimate of drug-likeness (QED) is 0.518. The summed E-state index contributed by atoms with van der Waals surface area (Å²) in [6.45, 7) is 2.17. The van der Waals surface area contributed by atoms with Crippen LogP contribution < -0.4 is 0 Å². The van der Waals surface area contributed by atoms with Crippen LogP contribution in [0.15, 0.2) is 60.0 Å². The molecule has 4 nitrogen and oxygen atoms in total. The SMILES string of the molecule is C[C@@H](c1ccc(-c2ccc(F)cc2)c(F)c1)N1CC[C@](CCO)(c2cccs2)OC1=O. The Morgan fingerprint density at radius 3 is 2.58 bits per heavy atom. The first-order valence-corrected chi connectivity index (χ1v) is 11.0. The molecule has 2 heterocycles. The lowest BCUT2D eigenvalue weighted by atomic mass is 9.91. The highest BCUT2D eigenvalue weighted by Crippen LogP contribution is 2.41. The maximum Gasteiger partial charge on any atom is 0.411 e. The molecule has 1 aromatic heterocycles. The number of aliphatic hydroxyl groups is 1. The number of aliphatic hydroxyl groups excluding tert-OH is 1.